The third-order valence-electron chi connectivity index (χ3n) is 5.13. The van der Waals surface area contributed by atoms with Gasteiger partial charge in [-0.1, -0.05) is 56.3 Å². The molecule has 1 heterocycles. The molecule has 4 aromatic rings. The number of aliphatic hydroxyl groups is 1. The van der Waals surface area contributed by atoms with Gasteiger partial charge >= 0.3 is 0 Å². The van der Waals surface area contributed by atoms with Crippen molar-refractivity contribution in [2.45, 2.75) is 26.4 Å². The van der Waals surface area contributed by atoms with E-state index < -0.39 is 12.0 Å². The summed E-state index contributed by atoms with van der Waals surface area (Å²) in [6.07, 6.45) is 3.38. The molecule has 1 amide bonds. The van der Waals surface area contributed by atoms with Gasteiger partial charge in [0.2, 0.25) is 0 Å². The number of rotatable bonds is 8. The van der Waals surface area contributed by atoms with Crippen LogP contribution in [0, 0.1) is 5.92 Å². The lowest BCUT2D eigenvalue weighted by Crippen LogP contribution is -2.28. The lowest BCUT2D eigenvalue weighted by atomic mass is 10.1. The number of H-pyrrole nitrogens is 1. The number of benzene rings is 3. The highest BCUT2D eigenvalue weighted by Crippen LogP contribution is 2.28. The van der Waals surface area contributed by atoms with Crippen LogP contribution >= 0.6 is 0 Å². The van der Waals surface area contributed by atoms with Crippen molar-refractivity contribution in [1.29, 1.82) is 0 Å². The van der Waals surface area contributed by atoms with E-state index in [2.05, 4.69) is 15.5 Å². The number of hydrogen-bond donors (Lipinski definition) is 3. The molecule has 33 heavy (non-hydrogen) atoms. The molecule has 1 aromatic heterocycles. The van der Waals surface area contributed by atoms with E-state index in [0.29, 0.717) is 23.6 Å². The zero-order valence-electron chi connectivity index (χ0n) is 18.7. The van der Waals surface area contributed by atoms with Gasteiger partial charge in [0.05, 0.1) is 11.2 Å². The van der Waals surface area contributed by atoms with Gasteiger partial charge in [-0.15, -0.1) is 0 Å². The summed E-state index contributed by atoms with van der Waals surface area (Å²) >= 11 is 0. The Labute approximate surface area is 192 Å². The van der Waals surface area contributed by atoms with Gasteiger partial charge in [0, 0.05) is 23.2 Å². The van der Waals surface area contributed by atoms with Crippen LogP contribution in [0.3, 0.4) is 0 Å². The first-order chi connectivity index (χ1) is 16.0. The lowest BCUT2D eigenvalue weighted by Gasteiger charge is -2.14. The Bertz CT molecular complexity index is 1260. The van der Waals surface area contributed by atoms with Crippen LogP contribution in [0.5, 0.6) is 11.5 Å². The molecular formula is C27H27N3O3. The average molecular weight is 442 g/mol. The van der Waals surface area contributed by atoms with E-state index in [1.807, 2.05) is 80.6 Å². The van der Waals surface area contributed by atoms with E-state index in [1.54, 1.807) is 18.2 Å². The number of carbonyl (C=O) groups excluding carboxylic acids is 1. The highest BCUT2D eigenvalue weighted by Gasteiger charge is 2.16. The fourth-order valence-electron chi connectivity index (χ4n) is 3.50. The first-order valence-corrected chi connectivity index (χ1v) is 11.0. The largest absolute Gasteiger partial charge is 0.457 e. The van der Waals surface area contributed by atoms with Crippen LogP contribution in [0.25, 0.3) is 23.1 Å². The van der Waals surface area contributed by atoms with Crippen molar-refractivity contribution in [3.63, 3.8) is 0 Å². The number of aromatic nitrogens is 2. The molecule has 0 saturated heterocycles. The maximum absolute atomic E-state index is 12.2. The van der Waals surface area contributed by atoms with Crippen LogP contribution in [-0.4, -0.2) is 27.3 Å². The molecule has 1 atom stereocenters. The predicted molar refractivity (Wildman–Crippen MR) is 132 cm³/mol. The summed E-state index contributed by atoms with van der Waals surface area (Å²) in [6, 6.07) is 22.9. The number of ether oxygens (including phenoxy) is 1. The van der Waals surface area contributed by atoms with Crippen LogP contribution in [0.1, 0.15) is 31.5 Å². The van der Waals surface area contributed by atoms with Gasteiger partial charge in [0.1, 0.15) is 17.6 Å². The van der Waals surface area contributed by atoms with Crippen molar-refractivity contribution in [2.75, 3.05) is 5.32 Å². The third kappa shape index (κ3) is 5.87. The van der Waals surface area contributed by atoms with Crippen molar-refractivity contribution in [1.82, 2.24) is 10.2 Å². The molecule has 0 aliphatic heterocycles. The van der Waals surface area contributed by atoms with Crippen molar-refractivity contribution in [3.05, 3.63) is 84.1 Å². The predicted octanol–water partition coefficient (Wildman–Crippen LogP) is 5.87. The minimum absolute atomic E-state index is 0.229. The van der Waals surface area contributed by atoms with E-state index in [-0.39, 0.29) is 5.92 Å². The number of anilines is 1. The maximum atomic E-state index is 12.2. The van der Waals surface area contributed by atoms with E-state index in [9.17, 15) is 9.90 Å². The normalized spacial score (nSPS) is 12.4. The molecule has 0 saturated carbocycles. The number of nitrogens with zero attached hydrogens (tertiary/aromatic N) is 1. The van der Waals surface area contributed by atoms with Crippen LogP contribution in [0.15, 0.2) is 72.8 Å². The summed E-state index contributed by atoms with van der Waals surface area (Å²) < 4.78 is 5.99. The molecular weight excluding hydrogens is 414 g/mol. The van der Waals surface area contributed by atoms with E-state index >= 15 is 0 Å². The highest BCUT2D eigenvalue weighted by molar-refractivity contribution is 5.94. The molecule has 0 fully saturated rings. The Kier molecular flexibility index (Phi) is 6.86. The molecule has 6 heteroatoms. The second kappa shape index (κ2) is 10.1. The standard InChI is InChI=1S/C27H27N3O3/c1-18(2)15-26(31)27(32)28-20-9-6-10-21(16-20)33-22-12-13-23-24(29-30-25(23)17-22)14-11-19-7-4-3-5-8-19/h3-14,16-18,26,31H,15H2,1-2H3,(H,28,32)(H,29,30)/b14-11+. The molecule has 168 valence electrons. The van der Waals surface area contributed by atoms with Crippen molar-refractivity contribution < 1.29 is 14.6 Å². The Morgan fingerprint density at radius 1 is 1.03 bits per heavy atom. The van der Waals surface area contributed by atoms with Gasteiger partial charge < -0.3 is 15.2 Å². The first kappa shape index (κ1) is 22.3. The van der Waals surface area contributed by atoms with Gasteiger partial charge in [-0.05, 0) is 48.2 Å². The fourth-order valence-corrected chi connectivity index (χ4v) is 3.50. The molecule has 0 radical (unpaired) electrons. The Morgan fingerprint density at radius 2 is 1.82 bits per heavy atom. The molecule has 0 spiro atoms. The number of aliphatic hydroxyl groups excluding tert-OH is 1. The first-order valence-electron chi connectivity index (χ1n) is 11.0. The zero-order valence-corrected chi connectivity index (χ0v) is 18.7. The second-order valence-corrected chi connectivity index (χ2v) is 8.32. The quantitative estimate of drug-likeness (QED) is 0.319. The lowest BCUT2D eigenvalue weighted by molar-refractivity contribution is -0.124. The number of amides is 1. The van der Waals surface area contributed by atoms with Gasteiger partial charge in [-0.25, -0.2) is 0 Å². The molecule has 4 rings (SSSR count). The maximum Gasteiger partial charge on any atom is 0.253 e. The van der Waals surface area contributed by atoms with Gasteiger partial charge in [-0.3, -0.25) is 9.89 Å². The van der Waals surface area contributed by atoms with E-state index in [0.717, 1.165) is 22.2 Å². The Hall–Kier alpha value is -3.90. The SMILES string of the molecule is CC(C)CC(O)C(=O)Nc1cccc(Oc2ccc3c(/C=C/c4ccccc4)n[nH]c3c2)c1. The Balaban J connectivity index is 1.45. The second-order valence-electron chi connectivity index (χ2n) is 8.32. The monoisotopic (exact) mass is 441 g/mol. The van der Waals surface area contributed by atoms with Crippen molar-refractivity contribution in [3.8, 4) is 11.5 Å². The Morgan fingerprint density at radius 3 is 2.61 bits per heavy atom. The minimum Gasteiger partial charge on any atom is -0.457 e. The number of carbonyl (C=O) groups is 1. The van der Waals surface area contributed by atoms with Crippen LogP contribution in [0.2, 0.25) is 0 Å². The number of hydrogen-bond acceptors (Lipinski definition) is 4. The smallest absolute Gasteiger partial charge is 0.253 e. The third-order valence-corrected chi connectivity index (χ3v) is 5.13. The molecule has 0 aliphatic rings. The summed E-state index contributed by atoms with van der Waals surface area (Å²) in [4.78, 5) is 12.2. The van der Waals surface area contributed by atoms with Crippen molar-refractivity contribution in [2.24, 2.45) is 5.92 Å². The molecule has 0 aliphatic carbocycles. The van der Waals surface area contributed by atoms with Crippen molar-refractivity contribution >= 4 is 34.6 Å². The number of aromatic amines is 1. The summed E-state index contributed by atoms with van der Waals surface area (Å²) in [5.41, 5.74) is 3.39. The van der Waals surface area contributed by atoms with Crippen LogP contribution < -0.4 is 10.1 Å². The minimum atomic E-state index is -1.04. The number of nitrogens with one attached hydrogen (secondary N) is 2. The molecule has 1 unspecified atom stereocenters. The summed E-state index contributed by atoms with van der Waals surface area (Å²) in [7, 11) is 0. The van der Waals surface area contributed by atoms with Crippen LogP contribution in [-0.2, 0) is 4.79 Å². The van der Waals surface area contributed by atoms with E-state index in [1.165, 1.54) is 0 Å². The highest BCUT2D eigenvalue weighted by atomic mass is 16.5. The summed E-state index contributed by atoms with van der Waals surface area (Å²) in [6.45, 7) is 3.92. The molecule has 3 N–H and O–H groups in total. The average Bonchev–Trinajstić information content (AvgIpc) is 3.20. The van der Waals surface area contributed by atoms with Gasteiger partial charge in [0.15, 0.2) is 0 Å². The topological polar surface area (TPSA) is 87.2 Å². The fraction of sp³-hybridized carbons (Fsp3) is 0.185. The zero-order chi connectivity index (χ0) is 23.2. The molecule has 3 aromatic carbocycles. The number of fused-ring (bicyclic) bond motifs is 1. The van der Waals surface area contributed by atoms with Crippen LogP contribution in [0.4, 0.5) is 5.69 Å². The van der Waals surface area contributed by atoms with E-state index in [4.69, 9.17) is 4.74 Å². The molecule has 6 nitrogen and oxygen atoms in total. The van der Waals surface area contributed by atoms with Gasteiger partial charge in [-0.2, -0.15) is 5.10 Å². The summed E-state index contributed by atoms with van der Waals surface area (Å²) in [5.74, 6) is 1.03. The molecule has 0 bridgehead atoms. The summed E-state index contributed by atoms with van der Waals surface area (Å²) in [5, 5.41) is 21.2. The van der Waals surface area contributed by atoms with Gasteiger partial charge in [0.25, 0.3) is 5.91 Å².